The second-order valence-corrected chi connectivity index (χ2v) is 7.05. The average Bonchev–Trinajstić information content (AvgIpc) is 2.63. The molecule has 2 aromatic carbocycles. The van der Waals surface area contributed by atoms with Gasteiger partial charge in [0, 0.05) is 16.8 Å². The molecule has 0 aliphatic rings. The maximum Gasteiger partial charge on any atom is 0.116 e. The van der Waals surface area contributed by atoms with Gasteiger partial charge in [-0.15, -0.1) is 0 Å². The van der Waals surface area contributed by atoms with Crippen LogP contribution in [0.1, 0.15) is 22.9 Å². The van der Waals surface area contributed by atoms with Gasteiger partial charge in [-0.2, -0.15) is 0 Å². The van der Waals surface area contributed by atoms with E-state index in [-0.39, 0.29) is 0 Å². The van der Waals surface area contributed by atoms with Crippen molar-refractivity contribution in [2.45, 2.75) is 6.04 Å². The average molecular weight is 425 g/mol. The van der Waals surface area contributed by atoms with Gasteiger partial charge in [0.1, 0.15) is 6.04 Å². The summed E-state index contributed by atoms with van der Waals surface area (Å²) in [4.78, 5) is 8.61. The topological polar surface area (TPSA) is 48.3 Å². The summed E-state index contributed by atoms with van der Waals surface area (Å²) >= 11 is 24.1. The molecule has 0 radical (unpaired) electrons. The van der Waals surface area contributed by atoms with Gasteiger partial charge in [-0.1, -0.05) is 70.7 Å². The molecule has 7 heteroatoms. The van der Waals surface area contributed by atoms with Crippen LogP contribution in [0.3, 0.4) is 0 Å². The van der Waals surface area contributed by atoms with Crippen LogP contribution in [-0.4, -0.2) is 10.9 Å². The predicted octanol–water partition coefficient (Wildman–Crippen LogP) is 5.59. The highest BCUT2D eigenvalue weighted by molar-refractivity contribution is 6.42. The van der Waals surface area contributed by atoms with E-state index in [2.05, 4.69) is 9.98 Å². The zero-order chi connectivity index (χ0) is 18.7. The Morgan fingerprint density at radius 1 is 0.885 bits per heavy atom. The Bertz CT molecular complexity index is 958. The summed E-state index contributed by atoms with van der Waals surface area (Å²) in [7, 11) is 0. The fourth-order valence-corrected chi connectivity index (χ4v) is 3.00. The van der Waals surface area contributed by atoms with E-state index in [4.69, 9.17) is 46.4 Å². The molecule has 132 valence electrons. The Balaban J connectivity index is 2.11. The van der Waals surface area contributed by atoms with Crippen molar-refractivity contribution >= 4 is 52.3 Å². The first kappa shape index (κ1) is 19.0. The van der Waals surface area contributed by atoms with Crippen molar-refractivity contribution in [3.63, 3.8) is 0 Å². The summed E-state index contributed by atoms with van der Waals surface area (Å²) in [6.45, 7) is 0. The molecule has 1 heterocycles. The van der Waals surface area contributed by atoms with Crippen molar-refractivity contribution in [2.75, 3.05) is 0 Å². The fraction of sp³-hybridized carbons (Fsp3) is 0.0526. The van der Waals surface area contributed by atoms with Crippen molar-refractivity contribution in [1.82, 2.24) is 4.98 Å². The lowest BCUT2D eigenvalue weighted by molar-refractivity contribution is -0.213. The Hall–Kier alpha value is -1.78. The summed E-state index contributed by atoms with van der Waals surface area (Å²) in [5.74, 6) is -0.455. The summed E-state index contributed by atoms with van der Waals surface area (Å²) in [6.07, 6.45) is 1.50. The van der Waals surface area contributed by atoms with Crippen LogP contribution >= 0.6 is 46.4 Å². The Morgan fingerprint density at radius 2 is 1.65 bits per heavy atom. The van der Waals surface area contributed by atoms with E-state index < -0.39 is 11.9 Å². The Kier molecular flexibility index (Phi) is 6.05. The van der Waals surface area contributed by atoms with Crippen molar-refractivity contribution in [1.29, 1.82) is 0 Å². The van der Waals surface area contributed by atoms with E-state index in [0.717, 1.165) is 0 Å². The number of aromatic nitrogens is 1. The molecule has 3 nitrogen and oxygen atoms in total. The van der Waals surface area contributed by atoms with Crippen molar-refractivity contribution in [3.8, 4) is 0 Å². The van der Waals surface area contributed by atoms with Gasteiger partial charge in [-0.05, 0) is 41.8 Å². The van der Waals surface area contributed by atoms with Crippen LogP contribution in [-0.2, 0) is 0 Å². The van der Waals surface area contributed by atoms with Gasteiger partial charge < -0.3 is 5.11 Å². The lowest BCUT2D eigenvalue weighted by Gasteiger charge is -2.19. The van der Waals surface area contributed by atoms with E-state index in [0.29, 0.717) is 36.9 Å². The number of benzene rings is 2. The second kappa shape index (κ2) is 8.28. The van der Waals surface area contributed by atoms with Gasteiger partial charge in [0.2, 0.25) is 0 Å². The second-order valence-electron chi connectivity index (χ2n) is 5.39. The quantitative estimate of drug-likeness (QED) is 0.404. The first-order valence-corrected chi connectivity index (χ1v) is 9.03. The molecule has 0 bridgehead atoms. The van der Waals surface area contributed by atoms with Crippen molar-refractivity contribution < 1.29 is 5.11 Å². The Morgan fingerprint density at radius 3 is 2.31 bits per heavy atom. The van der Waals surface area contributed by atoms with Crippen LogP contribution < -0.4 is 5.11 Å². The zero-order valence-electron chi connectivity index (χ0n) is 13.2. The van der Waals surface area contributed by atoms with Crippen LogP contribution in [0.25, 0.3) is 0 Å². The summed E-state index contributed by atoms with van der Waals surface area (Å²) in [6, 6.07) is 14.5. The lowest BCUT2D eigenvalue weighted by atomic mass is 10.0. The van der Waals surface area contributed by atoms with Crippen LogP contribution in [0.4, 0.5) is 0 Å². The summed E-state index contributed by atoms with van der Waals surface area (Å²) in [5, 5.41) is 14.3. The highest BCUT2D eigenvalue weighted by Crippen LogP contribution is 2.31. The molecule has 26 heavy (non-hydrogen) atoms. The lowest BCUT2D eigenvalue weighted by Crippen LogP contribution is -2.21. The molecule has 0 saturated heterocycles. The smallest absolute Gasteiger partial charge is 0.116 e. The molecule has 0 N–H and O–H groups in total. The molecular weight excluding hydrogens is 414 g/mol. The minimum atomic E-state index is -0.675. The molecule has 3 aromatic rings. The maximum atomic E-state index is 12.7. The normalized spacial score (nSPS) is 12.8. The van der Waals surface area contributed by atoms with Crippen LogP contribution in [0.2, 0.25) is 20.1 Å². The summed E-state index contributed by atoms with van der Waals surface area (Å²) < 4.78 is 0. The largest absolute Gasteiger partial charge is 0.858 e. The highest BCUT2D eigenvalue weighted by Gasteiger charge is 2.16. The third-order valence-corrected chi connectivity index (χ3v) is 4.93. The molecule has 1 unspecified atom stereocenters. The number of hydrogen-bond acceptors (Lipinski definition) is 3. The van der Waals surface area contributed by atoms with E-state index >= 15 is 0 Å². The number of halogens is 4. The predicted molar refractivity (Wildman–Crippen MR) is 106 cm³/mol. The van der Waals surface area contributed by atoms with Crippen molar-refractivity contribution in [2.24, 2.45) is 4.99 Å². The SMILES string of the molecule is [O-]C(=NC(c1ccc(Cl)c(Cl)c1)c1ccc(Cl)cn1)c1ccccc1Cl. The van der Waals surface area contributed by atoms with Crippen LogP contribution in [0, 0.1) is 0 Å². The molecule has 3 rings (SSSR count). The highest BCUT2D eigenvalue weighted by atomic mass is 35.5. The minimum absolute atomic E-state index is 0.313. The Labute approximate surface area is 170 Å². The van der Waals surface area contributed by atoms with E-state index in [1.807, 2.05) is 0 Å². The van der Waals surface area contributed by atoms with Gasteiger partial charge in [-0.25, -0.2) is 0 Å². The molecule has 0 amide bonds. The fourth-order valence-electron chi connectivity index (χ4n) is 2.36. The van der Waals surface area contributed by atoms with Gasteiger partial charge in [-0.3, -0.25) is 9.98 Å². The molecular formula is C19H11Cl4N2O-. The van der Waals surface area contributed by atoms with Gasteiger partial charge in [0.15, 0.2) is 0 Å². The minimum Gasteiger partial charge on any atom is -0.858 e. The molecule has 0 spiro atoms. The third kappa shape index (κ3) is 4.30. The number of nitrogens with zero attached hydrogens (tertiary/aromatic N) is 2. The van der Waals surface area contributed by atoms with Gasteiger partial charge in [0.25, 0.3) is 0 Å². The maximum absolute atomic E-state index is 12.7. The van der Waals surface area contributed by atoms with E-state index in [1.54, 1.807) is 54.6 Å². The molecule has 0 saturated carbocycles. The number of aliphatic imine (C=N–C) groups is 1. The van der Waals surface area contributed by atoms with Gasteiger partial charge in [0.05, 0.1) is 20.8 Å². The zero-order valence-corrected chi connectivity index (χ0v) is 16.2. The van der Waals surface area contributed by atoms with Gasteiger partial charge >= 0.3 is 0 Å². The molecule has 0 aliphatic carbocycles. The third-order valence-electron chi connectivity index (χ3n) is 3.64. The molecule has 1 atom stereocenters. The molecule has 0 fully saturated rings. The molecule has 0 aliphatic heterocycles. The number of pyridine rings is 1. The standard InChI is InChI=1S/C19H12Cl4N2O/c20-12-6-8-17(24-10-12)18(11-5-7-15(22)16(23)9-11)25-19(26)13-3-1-2-4-14(13)21/h1-10,18H,(H,25,26)/p-1. The van der Waals surface area contributed by atoms with Crippen LogP contribution in [0.15, 0.2) is 65.8 Å². The first-order valence-electron chi connectivity index (χ1n) is 7.52. The number of hydrogen-bond donors (Lipinski definition) is 0. The van der Waals surface area contributed by atoms with Crippen LogP contribution in [0.5, 0.6) is 0 Å². The first-order chi connectivity index (χ1) is 12.5. The van der Waals surface area contributed by atoms with E-state index in [1.165, 1.54) is 6.20 Å². The van der Waals surface area contributed by atoms with E-state index in [9.17, 15) is 5.11 Å². The van der Waals surface area contributed by atoms with Crippen molar-refractivity contribution in [3.05, 3.63) is 97.7 Å². The molecule has 1 aromatic heterocycles. The number of rotatable bonds is 4. The monoisotopic (exact) mass is 423 g/mol. The summed E-state index contributed by atoms with van der Waals surface area (Å²) in [5.41, 5.74) is 1.54.